The molecule has 3 rings (SSSR count). The van der Waals surface area contributed by atoms with Crippen molar-refractivity contribution in [1.82, 2.24) is 19.9 Å². The highest BCUT2D eigenvalue weighted by Gasteiger charge is 2.23. The Bertz CT molecular complexity index is 666. The highest BCUT2D eigenvalue weighted by molar-refractivity contribution is 5.94. The molecule has 1 saturated heterocycles. The number of carbonyl (C=O) groups excluding carboxylic acids is 1. The van der Waals surface area contributed by atoms with Gasteiger partial charge in [0.1, 0.15) is 5.76 Å². The Hall–Kier alpha value is -2.21. The Morgan fingerprint density at radius 1 is 1.17 bits per heavy atom. The number of amides is 1. The average molecular weight is 314 g/mol. The topological polar surface area (TPSA) is 62.5 Å². The molecule has 1 aliphatic heterocycles. The van der Waals surface area contributed by atoms with Gasteiger partial charge >= 0.3 is 0 Å². The van der Waals surface area contributed by atoms with Crippen LogP contribution < -0.4 is 0 Å². The SMILES string of the molecule is Cc1ccc(C(=O)N2CCN(Cc3c(C)noc3C)CC2)cn1. The van der Waals surface area contributed by atoms with E-state index in [-0.39, 0.29) is 5.91 Å². The van der Waals surface area contributed by atoms with E-state index < -0.39 is 0 Å². The third-order valence-corrected chi connectivity index (χ3v) is 4.38. The summed E-state index contributed by atoms with van der Waals surface area (Å²) in [5, 5.41) is 4.00. The normalized spacial score (nSPS) is 15.9. The maximum atomic E-state index is 12.5. The Kier molecular flexibility index (Phi) is 4.43. The van der Waals surface area contributed by atoms with Crippen molar-refractivity contribution in [2.75, 3.05) is 26.2 Å². The number of aryl methyl sites for hydroxylation is 3. The minimum atomic E-state index is 0.0643. The Labute approximate surface area is 136 Å². The molecule has 23 heavy (non-hydrogen) atoms. The molecule has 6 nitrogen and oxygen atoms in total. The first-order chi connectivity index (χ1) is 11.0. The monoisotopic (exact) mass is 314 g/mol. The second-order valence-electron chi connectivity index (χ2n) is 6.06. The van der Waals surface area contributed by atoms with Gasteiger partial charge in [-0.3, -0.25) is 14.7 Å². The Morgan fingerprint density at radius 2 is 1.91 bits per heavy atom. The molecule has 6 heteroatoms. The van der Waals surface area contributed by atoms with Crippen molar-refractivity contribution < 1.29 is 9.32 Å². The van der Waals surface area contributed by atoms with Crippen LogP contribution in [0.5, 0.6) is 0 Å². The molecule has 1 amide bonds. The molecule has 0 aromatic carbocycles. The van der Waals surface area contributed by atoms with Crippen molar-refractivity contribution in [2.45, 2.75) is 27.3 Å². The first kappa shape index (κ1) is 15.7. The Balaban J connectivity index is 1.58. The summed E-state index contributed by atoms with van der Waals surface area (Å²) in [6, 6.07) is 3.72. The summed E-state index contributed by atoms with van der Waals surface area (Å²) in [4.78, 5) is 20.9. The Morgan fingerprint density at radius 3 is 2.48 bits per heavy atom. The summed E-state index contributed by atoms with van der Waals surface area (Å²) in [6.07, 6.45) is 1.66. The minimum absolute atomic E-state index is 0.0643. The van der Waals surface area contributed by atoms with E-state index in [9.17, 15) is 4.79 Å². The molecule has 1 aliphatic rings. The number of hydrogen-bond donors (Lipinski definition) is 0. The van der Waals surface area contributed by atoms with Gasteiger partial charge in [-0.15, -0.1) is 0 Å². The minimum Gasteiger partial charge on any atom is -0.361 e. The summed E-state index contributed by atoms with van der Waals surface area (Å²) in [5.74, 6) is 0.946. The lowest BCUT2D eigenvalue weighted by Crippen LogP contribution is -2.48. The zero-order valence-electron chi connectivity index (χ0n) is 13.9. The molecule has 3 heterocycles. The van der Waals surface area contributed by atoms with E-state index in [0.29, 0.717) is 5.56 Å². The molecule has 0 atom stereocenters. The van der Waals surface area contributed by atoms with Gasteiger partial charge in [-0.05, 0) is 32.9 Å². The van der Waals surface area contributed by atoms with Gasteiger partial charge in [0.25, 0.3) is 5.91 Å². The molecule has 0 aliphatic carbocycles. The number of rotatable bonds is 3. The molecule has 2 aromatic rings. The molecule has 1 fully saturated rings. The predicted octanol–water partition coefficient (Wildman–Crippen LogP) is 1.95. The summed E-state index contributed by atoms with van der Waals surface area (Å²) >= 11 is 0. The fourth-order valence-electron chi connectivity index (χ4n) is 2.84. The quantitative estimate of drug-likeness (QED) is 0.866. The lowest BCUT2D eigenvalue weighted by Gasteiger charge is -2.34. The number of pyridine rings is 1. The third-order valence-electron chi connectivity index (χ3n) is 4.38. The number of nitrogens with zero attached hydrogens (tertiary/aromatic N) is 4. The van der Waals surface area contributed by atoms with E-state index in [4.69, 9.17) is 4.52 Å². The molecule has 0 saturated carbocycles. The number of carbonyl (C=O) groups is 1. The van der Waals surface area contributed by atoms with Gasteiger partial charge in [-0.25, -0.2) is 0 Å². The molecular formula is C17H22N4O2. The maximum absolute atomic E-state index is 12.5. The highest BCUT2D eigenvalue weighted by Crippen LogP contribution is 2.17. The molecule has 0 radical (unpaired) electrons. The molecular weight excluding hydrogens is 292 g/mol. The number of aromatic nitrogens is 2. The van der Waals surface area contributed by atoms with Gasteiger partial charge in [0, 0.05) is 50.2 Å². The predicted molar refractivity (Wildman–Crippen MR) is 86.1 cm³/mol. The first-order valence-corrected chi connectivity index (χ1v) is 7.90. The van der Waals surface area contributed by atoms with Crippen molar-refractivity contribution in [3.8, 4) is 0 Å². The van der Waals surface area contributed by atoms with Gasteiger partial charge < -0.3 is 9.42 Å². The van der Waals surface area contributed by atoms with E-state index in [2.05, 4.69) is 15.0 Å². The van der Waals surface area contributed by atoms with E-state index in [1.165, 1.54) is 0 Å². The second-order valence-corrected chi connectivity index (χ2v) is 6.06. The van der Waals surface area contributed by atoms with Gasteiger partial charge in [0.05, 0.1) is 11.3 Å². The van der Waals surface area contributed by atoms with Crippen molar-refractivity contribution in [2.24, 2.45) is 0 Å². The summed E-state index contributed by atoms with van der Waals surface area (Å²) in [7, 11) is 0. The summed E-state index contributed by atoms with van der Waals surface area (Å²) in [6.45, 7) is 9.84. The van der Waals surface area contributed by atoms with Gasteiger partial charge in [0.15, 0.2) is 0 Å². The average Bonchev–Trinajstić information content (AvgIpc) is 2.87. The van der Waals surface area contributed by atoms with Crippen LogP contribution in [0.4, 0.5) is 0 Å². The van der Waals surface area contributed by atoms with E-state index in [1.807, 2.05) is 37.8 Å². The van der Waals surface area contributed by atoms with Crippen LogP contribution in [0.25, 0.3) is 0 Å². The number of piperazine rings is 1. The zero-order valence-corrected chi connectivity index (χ0v) is 13.9. The number of hydrogen-bond acceptors (Lipinski definition) is 5. The highest BCUT2D eigenvalue weighted by atomic mass is 16.5. The van der Waals surface area contributed by atoms with Crippen LogP contribution in [0.2, 0.25) is 0 Å². The van der Waals surface area contributed by atoms with Crippen LogP contribution in [0, 0.1) is 20.8 Å². The first-order valence-electron chi connectivity index (χ1n) is 7.90. The van der Waals surface area contributed by atoms with Crippen LogP contribution in [-0.4, -0.2) is 52.0 Å². The van der Waals surface area contributed by atoms with Crippen LogP contribution in [0.1, 0.15) is 33.1 Å². The van der Waals surface area contributed by atoms with Crippen LogP contribution in [-0.2, 0) is 6.54 Å². The van der Waals surface area contributed by atoms with Crippen molar-refractivity contribution in [1.29, 1.82) is 0 Å². The van der Waals surface area contributed by atoms with Gasteiger partial charge in [0.2, 0.25) is 0 Å². The molecule has 2 aromatic heterocycles. The van der Waals surface area contributed by atoms with Crippen molar-refractivity contribution >= 4 is 5.91 Å². The lowest BCUT2D eigenvalue weighted by molar-refractivity contribution is 0.0627. The lowest BCUT2D eigenvalue weighted by atomic mass is 10.1. The molecule has 0 N–H and O–H groups in total. The van der Waals surface area contributed by atoms with Crippen LogP contribution >= 0.6 is 0 Å². The summed E-state index contributed by atoms with van der Waals surface area (Å²) in [5.41, 5.74) is 3.69. The van der Waals surface area contributed by atoms with E-state index in [1.54, 1.807) is 6.20 Å². The molecule has 0 bridgehead atoms. The van der Waals surface area contributed by atoms with Gasteiger partial charge in [-0.2, -0.15) is 0 Å². The largest absolute Gasteiger partial charge is 0.361 e. The second kappa shape index (κ2) is 6.50. The molecule has 0 spiro atoms. The van der Waals surface area contributed by atoms with Crippen LogP contribution in [0.15, 0.2) is 22.9 Å². The summed E-state index contributed by atoms with van der Waals surface area (Å²) < 4.78 is 5.22. The fraction of sp³-hybridized carbons (Fsp3) is 0.471. The van der Waals surface area contributed by atoms with E-state index >= 15 is 0 Å². The zero-order chi connectivity index (χ0) is 16.4. The smallest absolute Gasteiger partial charge is 0.255 e. The van der Waals surface area contributed by atoms with Crippen molar-refractivity contribution in [3.05, 3.63) is 46.6 Å². The van der Waals surface area contributed by atoms with Crippen molar-refractivity contribution in [3.63, 3.8) is 0 Å². The third kappa shape index (κ3) is 3.42. The van der Waals surface area contributed by atoms with Crippen LogP contribution in [0.3, 0.4) is 0 Å². The molecule has 122 valence electrons. The fourth-order valence-corrected chi connectivity index (χ4v) is 2.84. The van der Waals surface area contributed by atoms with E-state index in [0.717, 1.165) is 55.4 Å². The standard InChI is InChI=1S/C17H22N4O2/c1-12-4-5-15(10-18-12)17(22)21-8-6-20(7-9-21)11-16-13(2)19-23-14(16)3/h4-5,10H,6-9,11H2,1-3H3. The maximum Gasteiger partial charge on any atom is 0.255 e. The van der Waals surface area contributed by atoms with Gasteiger partial charge in [-0.1, -0.05) is 5.16 Å². The molecule has 0 unspecified atom stereocenters.